The molecule has 5 heteroatoms. The third kappa shape index (κ3) is 4.02. The second-order valence-electron chi connectivity index (χ2n) is 6.69. The van der Waals surface area contributed by atoms with Crippen molar-refractivity contribution >= 4 is 0 Å². The van der Waals surface area contributed by atoms with Crippen LogP contribution in [0.3, 0.4) is 0 Å². The topological polar surface area (TPSA) is 41.9 Å². The normalized spacial score (nSPS) is 17.1. The van der Waals surface area contributed by atoms with Crippen LogP contribution >= 0.6 is 0 Å². The highest BCUT2D eigenvalue weighted by Gasteiger charge is 2.22. The first-order chi connectivity index (χ1) is 11.6. The van der Waals surface area contributed by atoms with Gasteiger partial charge in [-0.05, 0) is 63.4 Å². The third-order valence-electron chi connectivity index (χ3n) is 5.03. The summed E-state index contributed by atoms with van der Waals surface area (Å²) in [7, 11) is 0. The van der Waals surface area contributed by atoms with Crippen LogP contribution in [0.4, 0.5) is 4.39 Å². The molecule has 1 aliphatic heterocycles. The van der Waals surface area contributed by atoms with Crippen LogP contribution in [0, 0.1) is 19.8 Å². The summed E-state index contributed by atoms with van der Waals surface area (Å²) >= 11 is 0. The lowest BCUT2D eigenvalue weighted by Crippen LogP contribution is -2.36. The molecule has 1 atom stereocenters. The van der Waals surface area contributed by atoms with Crippen LogP contribution in [-0.2, 0) is 6.54 Å². The fourth-order valence-corrected chi connectivity index (χ4v) is 3.26. The molecule has 2 N–H and O–H groups in total. The number of aromatic nitrogens is 2. The van der Waals surface area contributed by atoms with Crippen molar-refractivity contribution in [3.63, 3.8) is 0 Å². The van der Waals surface area contributed by atoms with Crippen LogP contribution in [-0.4, -0.2) is 35.4 Å². The number of aryl methyl sites for hydroxylation is 1. The van der Waals surface area contributed by atoms with Crippen molar-refractivity contribution in [2.24, 2.45) is 5.92 Å². The number of imidazole rings is 1. The van der Waals surface area contributed by atoms with E-state index in [0.717, 1.165) is 43.0 Å². The zero-order valence-corrected chi connectivity index (χ0v) is 14.6. The largest absolute Gasteiger partial charge is 0.317 e. The molecule has 1 aromatic heterocycles. The summed E-state index contributed by atoms with van der Waals surface area (Å²) in [5.74, 6) is 0.202. The molecule has 0 spiro atoms. The molecule has 0 radical (unpaired) electrons. The van der Waals surface area contributed by atoms with Crippen LogP contribution in [0.1, 0.15) is 29.8 Å². The van der Waals surface area contributed by atoms with Gasteiger partial charge in [-0.25, -0.2) is 9.37 Å². The molecule has 1 aliphatic rings. The van der Waals surface area contributed by atoms with Gasteiger partial charge in [0.15, 0.2) is 0 Å². The molecule has 130 valence electrons. The van der Waals surface area contributed by atoms with Gasteiger partial charge in [-0.15, -0.1) is 0 Å². The molecule has 2 aromatic rings. The average Bonchev–Trinajstić information content (AvgIpc) is 2.95. The first kappa shape index (κ1) is 17.1. The van der Waals surface area contributed by atoms with Crippen molar-refractivity contribution < 1.29 is 4.39 Å². The van der Waals surface area contributed by atoms with Gasteiger partial charge in [-0.3, -0.25) is 0 Å². The Morgan fingerprint density at radius 1 is 1.25 bits per heavy atom. The van der Waals surface area contributed by atoms with Crippen LogP contribution in [0.15, 0.2) is 30.6 Å². The summed E-state index contributed by atoms with van der Waals surface area (Å²) < 4.78 is 16.3. The second kappa shape index (κ2) is 7.90. The van der Waals surface area contributed by atoms with E-state index in [4.69, 9.17) is 0 Å². The summed E-state index contributed by atoms with van der Waals surface area (Å²) in [4.78, 5) is 4.33. The lowest BCUT2D eigenvalue weighted by Gasteiger charge is -2.25. The SMILES string of the molecule is Cc1ncn(-c2ccc(CNCC(F)C3CCNCC3)cc2)c1C. The number of benzene rings is 1. The van der Waals surface area contributed by atoms with Gasteiger partial charge in [0, 0.05) is 24.5 Å². The molecular weight excluding hydrogens is 303 g/mol. The maximum Gasteiger partial charge on any atom is 0.115 e. The lowest BCUT2D eigenvalue weighted by atomic mass is 9.93. The minimum atomic E-state index is -0.747. The minimum absolute atomic E-state index is 0.202. The highest BCUT2D eigenvalue weighted by Crippen LogP contribution is 2.19. The summed E-state index contributed by atoms with van der Waals surface area (Å²) in [5, 5.41) is 6.54. The van der Waals surface area contributed by atoms with E-state index in [1.54, 1.807) is 0 Å². The molecule has 24 heavy (non-hydrogen) atoms. The van der Waals surface area contributed by atoms with Crippen molar-refractivity contribution in [1.82, 2.24) is 20.2 Å². The first-order valence-corrected chi connectivity index (χ1v) is 8.80. The predicted octanol–water partition coefficient (Wildman–Crippen LogP) is 2.92. The smallest absolute Gasteiger partial charge is 0.115 e. The average molecular weight is 330 g/mol. The molecule has 3 rings (SSSR count). The van der Waals surface area contributed by atoms with E-state index >= 15 is 0 Å². The Hall–Kier alpha value is -1.72. The number of nitrogens with one attached hydrogen (secondary N) is 2. The molecule has 1 unspecified atom stereocenters. The van der Waals surface area contributed by atoms with Crippen LogP contribution < -0.4 is 10.6 Å². The predicted molar refractivity (Wildman–Crippen MR) is 95.2 cm³/mol. The highest BCUT2D eigenvalue weighted by molar-refractivity contribution is 5.37. The number of hydrogen-bond donors (Lipinski definition) is 2. The van der Waals surface area contributed by atoms with E-state index in [1.165, 1.54) is 5.56 Å². The fraction of sp³-hybridized carbons (Fsp3) is 0.526. The third-order valence-corrected chi connectivity index (χ3v) is 5.03. The zero-order chi connectivity index (χ0) is 16.9. The summed E-state index contributed by atoms with van der Waals surface area (Å²) in [6.45, 7) is 7.11. The van der Waals surface area contributed by atoms with Gasteiger partial charge in [-0.2, -0.15) is 0 Å². The molecule has 0 amide bonds. The quantitative estimate of drug-likeness (QED) is 0.856. The van der Waals surface area contributed by atoms with E-state index in [-0.39, 0.29) is 5.92 Å². The molecule has 0 aliphatic carbocycles. The van der Waals surface area contributed by atoms with Crippen molar-refractivity contribution in [3.05, 3.63) is 47.5 Å². The van der Waals surface area contributed by atoms with E-state index < -0.39 is 6.17 Å². The number of rotatable bonds is 6. The standard InChI is InChI=1S/C19H27FN4/c1-14-15(2)24(13-23-14)18-5-3-16(4-6-18)11-22-12-19(20)17-7-9-21-10-8-17/h3-6,13,17,19,21-22H,7-12H2,1-2H3. The highest BCUT2D eigenvalue weighted by atomic mass is 19.1. The molecule has 0 bridgehead atoms. The molecule has 1 fully saturated rings. The second-order valence-corrected chi connectivity index (χ2v) is 6.69. The van der Waals surface area contributed by atoms with Gasteiger partial charge in [0.25, 0.3) is 0 Å². The molecular formula is C19H27FN4. The Labute approximate surface area is 143 Å². The molecule has 2 heterocycles. The van der Waals surface area contributed by atoms with Crippen molar-refractivity contribution in [3.8, 4) is 5.69 Å². The lowest BCUT2D eigenvalue weighted by molar-refractivity contribution is 0.183. The number of halogens is 1. The van der Waals surface area contributed by atoms with E-state index in [1.807, 2.05) is 13.3 Å². The van der Waals surface area contributed by atoms with Gasteiger partial charge in [-0.1, -0.05) is 12.1 Å². The van der Waals surface area contributed by atoms with Gasteiger partial charge in [0.05, 0.1) is 12.0 Å². The van der Waals surface area contributed by atoms with E-state index in [9.17, 15) is 4.39 Å². The van der Waals surface area contributed by atoms with Crippen LogP contribution in [0.25, 0.3) is 5.69 Å². The Morgan fingerprint density at radius 2 is 1.96 bits per heavy atom. The number of hydrogen-bond acceptors (Lipinski definition) is 3. The number of piperidine rings is 1. The number of nitrogens with zero attached hydrogens (tertiary/aromatic N) is 2. The molecule has 1 aromatic carbocycles. The van der Waals surface area contributed by atoms with Gasteiger partial charge in [0.1, 0.15) is 6.17 Å². The van der Waals surface area contributed by atoms with Gasteiger partial charge in [0.2, 0.25) is 0 Å². The Morgan fingerprint density at radius 3 is 2.58 bits per heavy atom. The monoisotopic (exact) mass is 330 g/mol. The Kier molecular flexibility index (Phi) is 5.63. The number of alkyl halides is 1. The maximum atomic E-state index is 14.2. The van der Waals surface area contributed by atoms with Crippen LogP contribution in [0.5, 0.6) is 0 Å². The Balaban J connectivity index is 1.50. The van der Waals surface area contributed by atoms with Gasteiger partial charge >= 0.3 is 0 Å². The minimum Gasteiger partial charge on any atom is -0.317 e. The van der Waals surface area contributed by atoms with Crippen LogP contribution in [0.2, 0.25) is 0 Å². The van der Waals surface area contributed by atoms with Crippen molar-refractivity contribution in [2.45, 2.75) is 39.4 Å². The summed E-state index contributed by atoms with van der Waals surface area (Å²) in [5.41, 5.74) is 4.48. The summed E-state index contributed by atoms with van der Waals surface area (Å²) in [6.07, 6.45) is 3.00. The van der Waals surface area contributed by atoms with Crippen molar-refractivity contribution in [2.75, 3.05) is 19.6 Å². The maximum absolute atomic E-state index is 14.2. The first-order valence-electron chi connectivity index (χ1n) is 8.80. The molecule has 1 saturated heterocycles. The van der Waals surface area contributed by atoms with E-state index in [2.05, 4.69) is 51.4 Å². The van der Waals surface area contributed by atoms with E-state index in [0.29, 0.717) is 13.1 Å². The molecule has 4 nitrogen and oxygen atoms in total. The molecule has 0 saturated carbocycles. The zero-order valence-electron chi connectivity index (χ0n) is 14.6. The Bertz CT molecular complexity index is 644. The van der Waals surface area contributed by atoms with Crippen molar-refractivity contribution in [1.29, 1.82) is 0 Å². The van der Waals surface area contributed by atoms with Gasteiger partial charge < -0.3 is 15.2 Å². The fourth-order valence-electron chi connectivity index (χ4n) is 3.26. The summed E-state index contributed by atoms with van der Waals surface area (Å²) in [6, 6.07) is 8.36.